The van der Waals surface area contributed by atoms with Gasteiger partial charge in [-0.1, -0.05) is 38.1 Å². The number of carbonyl (C=O) groups excluding carboxylic acids is 1. The van der Waals surface area contributed by atoms with E-state index in [-0.39, 0.29) is 12.3 Å². The number of carboxylic acids is 1. The summed E-state index contributed by atoms with van der Waals surface area (Å²) in [5.74, 6) is -0.119. The molecule has 1 amide bonds. The van der Waals surface area contributed by atoms with Crippen LogP contribution in [-0.4, -0.2) is 27.9 Å². The van der Waals surface area contributed by atoms with Gasteiger partial charge in [-0.05, 0) is 42.7 Å². The van der Waals surface area contributed by atoms with Gasteiger partial charge in [0.2, 0.25) is 5.91 Å². The second kappa shape index (κ2) is 8.14. The van der Waals surface area contributed by atoms with E-state index < -0.39 is 5.97 Å². The third-order valence-electron chi connectivity index (χ3n) is 4.34. The first-order valence-electron chi connectivity index (χ1n) is 8.57. The van der Waals surface area contributed by atoms with E-state index in [9.17, 15) is 9.59 Å². The summed E-state index contributed by atoms with van der Waals surface area (Å²) >= 11 is 0. The number of carbonyl (C=O) groups is 2. The van der Waals surface area contributed by atoms with Crippen molar-refractivity contribution in [3.63, 3.8) is 0 Å². The molecule has 2 rings (SSSR count). The molecule has 4 nitrogen and oxygen atoms in total. The van der Waals surface area contributed by atoms with Crippen molar-refractivity contribution in [2.45, 2.75) is 70.9 Å². The summed E-state index contributed by atoms with van der Waals surface area (Å²) in [7, 11) is 0. The second-order valence-corrected chi connectivity index (χ2v) is 6.75. The van der Waals surface area contributed by atoms with Crippen molar-refractivity contribution in [2.75, 3.05) is 0 Å². The van der Waals surface area contributed by atoms with Crippen LogP contribution in [-0.2, 0) is 16.1 Å². The summed E-state index contributed by atoms with van der Waals surface area (Å²) in [4.78, 5) is 24.9. The normalized spacial score (nSPS) is 14.0. The topological polar surface area (TPSA) is 57.6 Å². The van der Waals surface area contributed by atoms with Gasteiger partial charge in [-0.2, -0.15) is 0 Å². The highest BCUT2D eigenvalue weighted by atomic mass is 16.4. The van der Waals surface area contributed by atoms with E-state index in [1.165, 1.54) is 11.1 Å². The fraction of sp³-hybridized carbons (Fsp3) is 0.579. The molecule has 23 heavy (non-hydrogen) atoms. The van der Waals surface area contributed by atoms with Crippen LogP contribution in [0.3, 0.4) is 0 Å². The van der Waals surface area contributed by atoms with E-state index in [0.29, 0.717) is 37.8 Å². The first kappa shape index (κ1) is 17.5. The minimum Gasteiger partial charge on any atom is -0.481 e. The van der Waals surface area contributed by atoms with Crippen molar-refractivity contribution in [1.29, 1.82) is 0 Å². The maximum Gasteiger partial charge on any atom is 0.303 e. The predicted octanol–water partition coefficient (Wildman–Crippen LogP) is 3.95. The third kappa shape index (κ3) is 5.70. The number of benzene rings is 1. The zero-order chi connectivity index (χ0) is 16.8. The molecule has 1 N–H and O–H groups in total. The van der Waals surface area contributed by atoms with E-state index in [0.717, 1.165) is 12.8 Å². The van der Waals surface area contributed by atoms with Crippen LogP contribution in [0.5, 0.6) is 0 Å². The first-order chi connectivity index (χ1) is 11.0. The molecule has 1 saturated carbocycles. The maximum atomic E-state index is 12.4. The largest absolute Gasteiger partial charge is 0.481 e. The maximum absolute atomic E-state index is 12.4. The number of rotatable bonds is 9. The molecule has 1 fully saturated rings. The van der Waals surface area contributed by atoms with Crippen molar-refractivity contribution in [3.05, 3.63) is 35.4 Å². The van der Waals surface area contributed by atoms with Gasteiger partial charge in [-0.25, -0.2) is 0 Å². The molecule has 1 aromatic carbocycles. The summed E-state index contributed by atoms with van der Waals surface area (Å²) in [5, 5.41) is 8.65. The van der Waals surface area contributed by atoms with Gasteiger partial charge in [0.25, 0.3) is 0 Å². The summed E-state index contributed by atoms with van der Waals surface area (Å²) in [6, 6.07) is 8.89. The number of unbranched alkanes of at least 4 members (excludes halogenated alkanes) is 1. The van der Waals surface area contributed by atoms with Gasteiger partial charge in [-0.15, -0.1) is 0 Å². The first-order valence-corrected chi connectivity index (χ1v) is 8.57. The van der Waals surface area contributed by atoms with E-state index in [2.05, 4.69) is 38.1 Å². The zero-order valence-corrected chi connectivity index (χ0v) is 14.1. The van der Waals surface area contributed by atoms with Crippen LogP contribution in [0.2, 0.25) is 0 Å². The average molecular weight is 317 g/mol. The Hall–Kier alpha value is -1.84. The SMILES string of the molecule is CC(C)c1ccc(CN(C(=O)CCCCC(=O)O)C2CC2)cc1. The highest BCUT2D eigenvalue weighted by Crippen LogP contribution is 2.29. The summed E-state index contributed by atoms with van der Waals surface area (Å²) < 4.78 is 0. The van der Waals surface area contributed by atoms with Crippen molar-refractivity contribution >= 4 is 11.9 Å². The molecule has 0 spiro atoms. The molecule has 0 saturated heterocycles. The van der Waals surface area contributed by atoms with Gasteiger partial charge in [0, 0.05) is 25.4 Å². The Morgan fingerprint density at radius 3 is 2.26 bits per heavy atom. The molecule has 0 bridgehead atoms. The quantitative estimate of drug-likeness (QED) is 0.702. The summed E-state index contributed by atoms with van der Waals surface area (Å²) in [5.41, 5.74) is 2.48. The van der Waals surface area contributed by atoms with Gasteiger partial charge in [0.1, 0.15) is 0 Å². The third-order valence-corrected chi connectivity index (χ3v) is 4.34. The van der Waals surface area contributed by atoms with Crippen LogP contribution in [0, 0.1) is 0 Å². The second-order valence-electron chi connectivity index (χ2n) is 6.75. The molecule has 1 aromatic rings. The van der Waals surface area contributed by atoms with Gasteiger partial charge in [0.05, 0.1) is 0 Å². The number of nitrogens with zero attached hydrogens (tertiary/aromatic N) is 1. The minimum absolute atomic E-state index is 0.146. The van der Waals surface area contributed by atoms with E-state index >= 15 is 0 Å². The Kier molecular flexibility index (Phi) is 6.20. The zero-order valence-electron chi connectivity index (χ0n) is 14.1. The van der Waals surface area contributed by atoms with E-state index in [4.69, 9.17) is 5.11 Å². The molecular formula is C19H27NO3. The molecular weight excluding hydrogens is 290 g/mol. The highest BCUT2D eigenvalue weighted by molar-refractivity contribution is 5.77. The van der Waals surface area contributed by atoms with Crippen molar-refractivity contribution in [3.8, 4) is 0 Å². The standard InChI is InChI=1S/C19H27NO3/c1-14(2)16-9-7-15(8-10-16)13-20(17-11-12-17)18(21)5-3-4-6-19(22)23/h7-10,14,17H,3-6,11-13H2,1-2H3,(H,22,23). The smallest absolute Gasteiger partial charge is 0.303 e. The fourth-order valence-corrected chi connectivity index (χ4v) is 2.71. The van der Waals surface area contributed by atoms with Crippen LogP contribution in [0.15, 0.2) is 24.3 Å². The van der Waals surface area contributed by atoms with Crippen LogP contribution in [0.25, 0.3) is 0 Å². The van der Waals surface area contributed by atoms with Gasteiger partial charge >= 0.3 is 5.97 Å². The average Bonchev–Trinajstić information content (AvgIpc) is 3.34. The van der Waals surface area contributed by atoms with Gasteiger partial charge < -0.3 is 10.0 Å². The Bertz CT molecular complexity index is 532. The lowest BCUT2D eigenvalue weighted by atomic mass is 10.0. The summed E-state index contributed by atoms with van der Waals surface area (Å²) in [6.45, 7) is 5.01. The molecule has 0 aliphatic heterocycles. The van der Waals surface area contributed by atoms with Crippen molar-refractivity contribution in [1.82, 2.24) is 4.90 Å². The molecule has 0 radical (unpaired) electrons. The molecule has 4 heteroatoms. The minimum atomic E-state index is -0.790. The van der Waals surface area contributed by atoms with E-state index in [1.807, 2.05) is 4.90 Å². The Morgan fingerprint density at radius 2 is 1.74 bits per heavy atom. The van der Waals surface area contributed by atoms with Crippen LogP contribution in [0.1, 0.15) is 69.4 Å². The molecule has 0 heterocycles. The summed E-state index contributed by atoms with van der Waals surface area (Å²) in [6.07, 6.45) is 4.00. The fourth-order valence-electron chi connectivity index (χ4n) is 2.71. The monoisotopic (exact) mass is 317 g/mol. The highest BCUT2D eigenvalue weighted by Gasteiger charge is 2.32. The van der Waals surface area contributed by atoms with Crippen molar-refractivity contribution < 1.29 is 14.7 Å². The van der Waals surface area contributed by atoms with Crippen LogP contribution < -0.4 is 0 Å². The Labute approximate surface area is 138 Å². The molecule has 0 unspecified atom stereocenters. The van der Waals surface area contributed by atoms with Gasteiger partial charge in [-0.3, -0.25) is 9.59 Å². The number of amides is 1. The number of hydrogen-bond acceptors (Lipinski definition) is 2. The lowest BCUT2D eigenvalue weighted by Gasteiger charge is -2.23. The Morgan fingerprint density at radius 1 is 1.13 bits per heavy atom. The van der Waals surface area contributed by atoms with E-state index in [1.54, 1.807) is 0 Å². The van der Waals surface area contributed by atoms with Crippen molar-refractivity contribution in [2.24, 2.45) is 0 Å². The molecule has 1 aliphatic rings. The number of hydrogen-bond donors (Lipinski definition) is 1. The lowest BCUT2D eigenvalue weighted by Crippen LogP contribution is -2.32. The Balaban J connectivity index is 1.88. The molecule has 126 valence electrons. The van der Waals surface area contributed by atoms with Crippen LogP contribution >= 0.6 is 0 Å². The van der Waals surface area contributed by atoms with Gasteiger partial charge in [0.15, 0.2) is 0 Å². The lowest BCUT2D eigenvalue weighted by molar-refractivity contribution is -0.137. The number of carboxylic acid groups (broad SMARTS) is 1. The van der Waals surface area contributed by atoms with Crippen LogP contribution in [0.4, 0.5) is 0 Å². The molecule has 0 atom stereocenters. The predicted molar refractivity (Wildman–Crippen MR) is 90.2 cm³/mol. The number of aliphatic carboxylic acids is 1. The molecule has 0 aromatic heterocycles. The molecule has 1 aliphatic carbocycles.